The number of amides is 2. The van der Waals surface area contributed by atoms with Crippen molar-refractivity contribution in [1.29, 1.82) is 0 Å². The second-order valence-electron chi connectivity index (χ2n) is 6.21. The fourth-order valence-corrected chi connectivity index (χ4v) is 3.28. The third-order valence-electron chi connectivity index (χ3n) is 4.61. The van der Waals surface area contributed by atoms with Crippen molar-refractivity contribution in [2.24, 2.45) is 5.92 Å². The molecular weight excluding hydrogens is 332 g/mol. The second kappa shape index (κ2) is 6.51. The van der Waals surface area contributed by atoms with Crippen LogP contribution >= 0.6 is 0 Å². The van der Waals surface area contributed by atoms with Crippen LogP contribution in [0.4, 0.5) is 11.4 Å². The summed E-state index contributed by atoms with van der Waals surface area (Å²) in [6.07, 6.45) is 1.87. The number of hydrogen-bond acceptors (Lipinski definition) is 4. The molecule has 2 aromatic carbocycles. The van der Waals surface area contributed by atoms with Gasteiger partial charge in [0.25, 0.3) is 0 Å². The van der Waals surface area contributed by atoms with Gasteiger partial charge < -0.3 is 15.0 Å². The molecule has 7 heteroatoms. The van der Waals surface area contributed by atoms with Gasteiger partial charge in [0.2, 0.25) is 11.8 Å². The number of carbonyl (C=O) groups excluding carboxylic acids is 2. The number of anilines is 2. The summed E-state index contributed by atoms with van der Waals surface area (Å²) in [7, 11) is 1.56. The highest BCUT2D eigenvalue weighted by Gasteiger charge is 2.36. The number of aromatic amines is 1. The molecule has 0 radical (unpaired) electrons. The van der Waals surface area contributed by atoms with E-state index in [0.29, 0.717) is 23.7 Å². The number of hydrogen-bond donors (Lipinski definition) is 2. The Labute approximate surface area is 149 Å². The zero-order valence-electron chi connectivity index (χ0n) is 14.2. The lowest BCUT2D eigenvalue weighted by Gasteiger charge is -2.19. The Morgan fingerprint density at radius 1 is 1.27 bits per heavy atom. The molecule has 1 saturated heterocycles. The fourth-order valence-electron chi connectivity index (χ4n) is 3.28. The molecule has 0 bridgehead atoms. The lowest BCUT2D eigenvalue weighted by molar-refractivity contribution is -0.122. The van der Waals surface area contributed by atoms with Gasteiger partial charge in [0.15, 0.2) is 0 Å². The minimum Gasteiger partial charge on any atom is -0.495 e. The first-order chi connectivity index (χ1) is 12.7. The Morgan fingerprint density at radius 2 is 2.12 bits per heavy atom. The smallest absolute Gasteiger partial charge is 0.229 e. The molecule has 2 N–H and O–H groups in total. The quantitative estimate of drug-likeness (QED) is 0.757. The highest BCUT2D eigenvalue weighted by molar-refractivity contribution is 6.06. The third kappa shape index (κ3) is 2.77. The summed E-state index contributed by atoms with van der Waals surface area (Å²) in [5.74, 6) is -0.0815. The number of aromatic nitrogens is 2. The van der Waals surface area contributed by atoms with Crippen LogP contribution in [0.2, 0.25) is 0 Å². The van der Waals surface area contributed by atoms with Crippen LogP contribution < -0.4 is 15.0 Å². The number of ether oxygens (including phenoxy) is 1. The number of nitrogens with one attached hydrogen (secondary N) is 2. The monoisotopic (exact) mass is 350 g/mol. The average Bonchev–Trinajstić information content (AvgIpc) is 3.29. The number of rotatable bonds is 4. The molecule has 1 aliphatic rings. The number of benzene rings is 2. The van der Waals surface area contributed by atoms with E-state index in [0.717, 1.165) is 10.9 Å². The maximum atomic E-state index is 12.7. The predicted octanol–water partition coefficient (Wildman–Crippen LogP) is 2.56. The van der Waals surface area contributed by atoms with Gasteiger partial charge in [-0.05, 0) is 18.2 Å². The average molecular weight is 350 g/mol. The van der Waals surface area contributed by atoms with Crippen molar-refractivity contribution in [3.63, 3.8) is 0 Å². The standard InChI is InChI=1S/C19H18N4O3/c1-26-16-8-3-2-7-15(16)23-11-13(9-17(23)24)19(25)21-14-6-4-5-12-10-20-22-18(12)14/h2-8,10,13H,9,11H2,1H3,(H,20,22)(H,21,25). The van der Waals surface area contributed by atoms with E-state index < -0.39 is 5.92 Å². The van der Waals surface area contributed by atoms with Gasteiger partial charge in [-0.2, -0.15) is 5.10 Å². The largest absolute Gasteiger partial charge is 0.495 e. The van der Waals surface area contributed by atoms with Crippen LogP contribution in [0.25, 0.3) is 10.9 Å². The van der Waals surface area contributed by atoms with Crippen LogP contribution in [-0.2, 0) is 9.59 Å². The van der Waals surface area contributed by atoms with Crippen molar-refractivity contribution in [3.05, 3.63) is 48.7 Å². The molecule has 1 aromatic heterocycles. The molecule has 1 aliphatic heterocycles. The van der Waals surface area contributed by atoms with Crippen molar-refractivity contribution in [2.75, 3.05) is 23.9 Å². The Morgan fingerprint density at radius 3 is 2.96 bits per heavy atom. The zero-order valence-corrected chi connectivity index (χ0v) is 14.2. The van der Waals surface area contributed by atoms with E-state index >= 15 is 0 Å². The van der Waals surface area contributed by atoms with Crippen molar-refractivity contribution in [1.82, 2.24) is 10.2 Å². The van der Waals surface area contributed by atoms with E-state index in [1.165, 1.54) is 0 Å². The number of fused-ring (bicyclic) bond motifs is 1. The van der Waals surface area contributed by atoms with Crippen molar-refractivity contribution < 1.29 is 14.3 Å². The highest BCUT2D eigenvalue weighted by atomic mass is 16.5. The van der Waals surface area contributed by atoms with Crippen molar-refractivity contribution in [2.45, 2.75) is 6.42 Å². The predicted molar refractivity (Wildman–Crippen MR) is 98.2 cm³/mol. The highest BCUT2D eigenvalue weighted by Crippen LogP contribution is 2.33. The molecule has 3 aromatic rings. The first-order valence-electron chi connectivity index (χ1n) is 8.33. The Kier molecular flexibility index (Phi) is 4.04. The number of carbonyl (C=O) groups is 2. The van der Waals surface area contributed by atoms with Gasteiger partial charge in [-0.25, -0.2) is 0 Å². The molecule has 4 rings (SSSR count). The summed E-state index contributed by atoms with van der Waals surface area (Å²) in [4.78, 5) is 26.8. The summed E-state index contributed by atoms with van der Waals surface area (Å²) in [6, 6.07) is 12.9. The van der Waals surface area contributed by atoms with Gasteiger partial charge in [-0.3, -0.25) is 14.7 Å². The van der Waals surface area contributed by atoms with Crippen LogP contribution in [-0.4, -0.2) is 35.7 Å². The van der Waals surface area contributed by atoms with E-state index in [-0.39, 0.29) is 18.2 Å². The number of H-pyrrole nitrogens is 1. The zero-order chi connectivity index (χ0) is 18.1. The van der Waals surface area contributed by atoms with E-state index in [9.17, 15) is 9.59 Å². The van der Waals surface area contributed by atoms with E-state index in [1.807, 2.05) is 36.4 Å². The molecule has 1 unspecified atom stereocenters. The maximum Gasteiger partial charge on any atom is 0.229 e. The molecule has 0 saturated carbocycles. The van der Waals surface area contributed by atoms with Crippen LogP contribution in [0, 0.1) is 5.92 Å². The minimum atomic E-state index is -0.425. The van der Waals surface area contributed by atoms with Crippen LogP contribution in [0.5, 0.6) is 5.75 Å². The summed E-state index contributed by atoms with van der Waals surface area (Å²) in [5.41, 5.74) is 2.12. The lowest BCUT2D eigenvalue weighted by Crippen LogP contribution is -2.28. The number of nitrogens with zero attached hydrogens (tertiary/aromatic N) is 2. The Balaban J connectivity index is 1.53. The summed E-state index contributed by atoms with van der Waals surface area (Å²) in [5, 5.41) is 10.7. The molecule has 0 aliphatic carbocycles. The first-order valence-corrected chi connectivity index (χ1v) is 8.33. The fraction of sp³-hybridized carbons (Fsp3) is 0.211. The van der Waals surface area contributed by atoms with E-state index in [4.69, 9.17) is 4.74 Å². The molecular formula is C19H18N4O3. The molecule has 26 heavy (non-hydrogen) atoms. The normalized spacial score (nSPS) is 16.9. The summed E-state index contributed by atoms with van der Waals surface area (Å²) in [6.45, 7) is 0.323. The Bertz CT molecular complexity index is 982. The second-order valence-corrected chi connectivity index (χ2v) is 6.21. The van der Waals surface area contributed by atoms with Gasteiger partial charge in [-0.1, -0.05) is 24.3 Å². The number of para-hydroxylation sites is 3. The van der Waals surface area contributed by atoms with Gasteiger partial charge >= 0.3 is 0 Å². The van der Waals surface area contributed by atoms with Crippen LogP contribution in [0.3, 0.4) is 0 Å². The first kappa shape index (κ1) is 16.1. The summed E-state index contributed by atoms with van der Waals surface area (Å²) < 4.78 is 5.33. The SMILES string of the molecule is COc1ccccc1N1CC(C(=O)Nc2cccc3cn[nH]c23)CC1=O. The molecule has 1 fully saturated rings. The third-order valence-corrected chi connectivity index (χ3v) is 4.61. The van der Waals surface area contributed by atoms with Gasteiger partial charge in [-0.15, -0.1) is 0 Å². The van der Waals surface area contributed by atoms with E-state index in [2.05, 4.69) is 15.5 Å². The molecule has 0 spiro atoms. The van der Waals surface area contributed by atoms with Gasteiger partial charge in [0.05, 0.1) is 36.1 Å². The molecule has 2 amide bonds. The minimum absolute atomic E-state index is 0.0885. The van der Waals surface area contributed by atoms with Crippen molar-refractivity contribution >= 4 is 34.1 Å². The molecule has 1 atom stereocenters. The van der Waals surface area contributed by atoms with Crippen LogP contribution in [0.15, 0.2) is 48.7 Å². The topological polar surface area (TPSA) is 87.3 Å². The number of methoxy groups -OCH3 is 1. The molecule has 132 valence electrons. The van der Waals surface area contributed by atoms with E-state index in [1.54, 1.807) is 24.3 Å². The maximum absolute atomic E-state index is 12.7. The van der Waals surface area contributed by atoms with Crippen LogP contribution in [0.1, 0.15) is 6.42 Å². The summed E-state index contributed by atoms with van der Waals surface area (Å²) >= 11 is 0. The van der Waals surface area contributed by atoms with Crippen molar-refractivity contribution in [3.8, 4) is 5.75 Å². The molecule has 7 nitrogen and oxygen atoms in total. The molecule has 2 heterocycles. The lowest BCUT2D eigenvalue weighted by atomic mass is 10.1. The Hall–Kier alpha value is -3.35. The van der Waals surface area contributed by atoms with Gasteiger partial charge in [0.1, 0.15) is 5.75 Å². The van der Waals surface area contributed by atoms with Gasteiger partial charge in [0, 0.05) is 18.4 Å².